The number of nitrogens with zero attached hydrogens (tertiary/aromatic N) is 4. The Labute approximate surface area is 86.2 Å². The Morgan fingerprint density at radius 1 is 1.73 bits per heavy atom. The second-order valence-corrected chi connectivity index (χ2v) is 3.59. The molecule has 80 valence electrons. The van der Waals surface area contributed by atoms with Crippen molar-refractivity contribution in [1.29, 1.82) is 0 Å². The maximum absolute atomic E-state index is 12.7. The number of amides is 1. The fourth-order valence-electron chi connectivity index (χ4n) is 1.72. The van der Waals surface area contributed by atoms with E-state index in [4.69, 9.17) is 0 Å². The maximum Gasteiger partial charge on any atom is 0.282 e. The standard InChI is InChI=1S/C9H11FN4O/c1-6-3-13(9(15)7(2)10)4-8-12-11-5-14(6)8/h5-6H,2-4H2,1H3. The van der Waals surface area contributed by atoms with Gasteiger partial charge in [-0.3, -0.25) is 4.79 Å². The fraction of sp³-hybridized carbons (Fsp3) is 0.444. The Morgan fingerprint density at radius 2 is 2.47 bits per heavy atom. The number of carbonyl (C=O) groups excluding carboxylic acids is 1. The molecule has 2 heterocycles. The molecule has 1 aliphatic heterocycles. The van der Waals surface area contributed by atoms with E-state index in [0.717, 1.165) is 0 Å². The van der Waals surface area contributed by atoms with Gasteiger partial charge in [0.15, 0.2) is 11.7 Å². The van der Waals surface area contributed by atoms with Crippen LogP contribution in [0.25, 0.3) is 0 Å². The Hall–Kier alpha value is -1.72. The van der Waals surface area contributed by atoms with Crippen molar-refractivity contribution in [2.45, 2.75) is 19.5 Å². The van der Waals surface area contributed by atoms with Gasteiger partial charge in [0, 0.05) is 6.54 Å². The minimum absolute atomic E-state index is 0.0621. The number of hydrogen-bond donors (Lipinski definition) is 0. The lowest BCUT2D eigenvalue weighted by Crippen LogP contribution is -2.40. The lowest BCUT2D eigenvalue weighted by atomic mass is 10.2. The molecule has 15 heavy (non-hydrogen) atoms. The van der Waals surface area contributed by atoms with E-state index in [1.165, 1.54) is 4.90 Å². The first-order chi connectivity index (χ1) is 7.09. The third kappa shape index (κ3) is 1.62. The third-order valence-electron chi connectivity index (χ3n) is 2.46. The summed E-state index contributed by atoms with van der Waals surface area (Å²) in [6.07, 6.45) is 1.62. The lowest BCUT2D eigenvalue weighted by molar-refractivity contribution is -0.130. The van der Waals surface area contributed by atoms with Crippen molar-refractivity contribution in [1.82, 2.24) is 19.7 Å². The number of hydrogen-bond acceptors (Lipinski definition) is 3. The molecule has 1 aromatic heterocycles. The molecule has 1 aliphatic rings. The van der Waals surface area contributed by atoms with Gasteiger partial charge in [-0.15, -0.1) is 10.2 Å². The quantitative estimate of drug-likeness (QED) is 0.640. The van der Waals surface area contributed by atoms with Crippen LogP contribution in [-0.2, 0) is 11.3 Å². The fourth-order valence-corrected chi connectivity index (χ4v) is 1.72. The van der Waals surface area contributed by atoms with E-state index in [1.807, 2.05) is 11.5 Å². The number of halogens is 1. The zero-order chi connectivity index (χ0) is 11.0. The van der Waals surface area contributed by atoms with Crippen LogP contribution in [0.1, 0.15) is 18.8 Å². The summed E-state index contributed by atoms with van der Waals surface area (Å²) in [5.41, 5.74) is 0. The highest BCUT2D eigenvalue weighted by atomic mass is 19.1. The van der Waals surface area contributed by atoms with Crippen LogP contribution >= 0.6 is 0 Å². The van der Waals surface area contributed by atoms with E-state index in [0.29, 0.717) is 12.4 Å². The molecule has 0 aliphatic carbocycles. The van der Waals surface area contributed by atoms with Gasteiger partial charge in [-0.25, -0.2) is 4.39 Å². The van der Waals surface area contributed by atoms with Crippen molar-refractivity contribution in [3.8, 4) is 0 Å². The number of rotatable bonds is 1. The number of aromatic nitrogens is 3. The maximum atomic E-state index is 12.7. The van der Waals surface area contributed by atoms with Gasteiger partial charge >= 0.3 is 0 Å². The van der Waals surface area contributed by atoms with Crippen molar-refractivity contribution in [3.05, 3.63) is 24.6 Å². The largest absolute Gasteiger partial charge is 0.327 e. The molecule has 0 N–H and O–H groups in total. The smallest absolute Gasteiger partial charge is 0.282 e. The van der Waals surface area contributed by atoms with E-state index in [2.05, 4.69) is 16.8 Å². The van der Waals surface area contributed by atoms with Crippen LogP contribution in [0.4, 0.5) is 4.39 Å². The number of carbonyl (C=O) groups is 1. The van der Waals surface area contributed by atoms with Gasteiger partial charge in [0.1, 0.15) is 6.33 Å². The molecule has 0 bridgehead atoms. The van der Waals surface area contributed by atoms with Gasteiger partial charge < -0.3 is 9.47 Å². The molecule has 2 rings (SSSR count). The predicted octanol–water partition coefficient (Wildman–Crippen LogP) is 0.664. The van der Waals surface area contributed by atoms with Gasteiger partial charge in [0.2, 0.25) is 0 Å². The van der Waals surface area contributed by atoms with Crippen LogP contribution in [0.2, 0.25) is 0 Å². The zero-order valence-electron chi connectivity index (χ0n) is 8.35. The molecule has 1 atom stereocenters. The van der Waals surface area contributed by atoms with Gasteiger partial charge in [-0.2, -0.15) is 0 Å². The highest BCUT2D eigenvalue weighted by Gasteiger charge is 2.27. The van der Waals surface area contributed by atoms with Crippen LogP contribution in [0.15, 0.2) is 18.7 Å². The number of fused-ring (bicyclic) bond motifs is 1. The summed E-state index contributed by atoms with van der Waals surface area (Å²) < 4.78 is 14.6. The van der Waals surface area contributed by atoms with Gasteiger partial charge in [0.25, 0.3) is 5.91 Å². The Balaban J connectivity index is 2.23. The summed E-state index contributed by atoms with van der Waals surface area (Å²) >= 11 is 0. The Kier molecular flexibility index (Phi) is 2.26. The van der Waals surface area contributed by atoms with Crippen molar-refractivity contribution < 1.29 is 9.18 Å². The summed E-state index contributed by atoms with van der Waals surface area (Å²) in [5.74, 6) is -0.936. The van der Waals surface area contributed by atoms with E-state index >= 15 is 0 Å². The molecule has 0 spiro atoms. The van der Waals surface area contributed by atoms with Crippen molar-refractivity contribution in [2.24, 2.45) is 0 Å². The second-order valence-electron chi connectivity index (χ2n) is 3.59. The van der Waals surface area contributed by atoms with Crippen molar-refractivity contribution in [2.75, 3.05) is 6.54 Å². The normalized spacial score (nSPS) is 19.9. The highest BCUT2D eigenvalue weighted by molar-refractivity contribution is 5.90. The predicted molar refractivity (Wildman–Crippen MR) is 50.4 cm³/mol. The molecule has 0 radical (unpaired) electrons. The summed E-state index contributed by atoms with van der Waals surface area (Å²) in [4.78, 5) is 12.8. The van der Waals surface area contributed by atoms with Crippen LogP contribution in [-0.4, -0.2) is 32.1 Å². The summed E-state index contributed by atoms with van der Waals surface area (Å²) in [6, 6.07) is 0.0621. The summed E-state index contributed by atoms with van der Waals surface area (Å²) in [7, 11) is 0. The summed E-state index contributed by atoms with van der Waals surface area (Å²) in [6.45, 7) is 5.66. The monoisotopic (exact) mass is 210 g/mol. The molecule has 1 amide bonds. The van der Waals surface area contributed by atoms with E-state index < -0.39 is 11.7 Å². The van der Waals surface area contributed by atoms with Crippen LogP contribution in [0.5, 0.6) is 0 Å². The molecule has 0 saturated carbocycles. The minimum atomic E-state index is -0.935. The van der Waals surface area contributed by atoms with Gasteiger partial charge in [-0.1, -0.05) is 6.58 Å². The molecule has 0 fully saturated rings. The zero-order valence-corrected chi connectivity index (χ0v) is 8.35. The Morgan fingerprint density at radius 3 is 3.13 bits per heavy atom. The molecule has 5 nitrogen and oxygen atoms in total. The van der Waals surface area contributed by atoms with Gasteiger partial charge in [0.05, 0.1) is 12.6 Å². The van der Waals surface area contributed by atoms with Crippen LogP contribution in [0.3, 0.4) is 0 Å². The first kappa shape index (κ1) is 9.82. The third-order valence-corrected chi connectivity index (χ3v) is 2.46. The lowest BCUT2D eigenvalue weighted by Gasteiger charge is -2.31. The van der Waals surface area contributed by atoms with E-state index in [9.17, 15) is 9.18 Å². The first-order valence-electron chi connectivity index (χ1n) is 4.61. The van der Waals surface area contributed by atoms with E-state index in [-0.39, 0.29) is 12.6 Å². The average molecular weight is 210 g/mol. The Bertz CT molecular complexity index is 414. The van der Waals surface area contributed by atoms with E-state index in [1.54, 1.807) is 6.33 Å². The highest BCUT2D eigenvalue weighted by Crippen LogP contribution is 2.19. The molecule has 1 aromatic rings. The SMILES string of the molecule is C=C(F)C(=O)N1Cc2nncn2C(C)C1. The molecule has 6 heteroatoms. The molecule has 0 saturated heterocycles. The first-order valence-corrected chi connectivity index (χ1v) is 4.61. The molecular formula is C9H11FN4O. The molecular weight excluding hydrogens is 199 g/mol. The summed E-state index contributed by atoms with van der Waals surface area (Å²) in [5, 5.41) is 7.62. The second kappa shape index (κ2) is 3.45. The topological polar surface area (TPSA) is 51.0 Å². The minimum Gasteiger partial charge on any atom is -0.327 e. The molecule has 0 aromatic carbocycles. The van der Waals surface area contributed by atoms with Crippen LogP contribution in [0, 0.1) is 0 Å². The van der Waals surface area contributed by atoms with Gasteiger partial charge in [-0.05, 0) is 6.92 Å². The van der Waals surface area contributed by atoms with Crippen molar-refractivity contribution in [3.63, 3.8) is 0 Å². The molecule has 1 unspecified atom stereocenters. The average Bonchev–Trinajstić information content (AvgIpc) is 2.64. The van der Waals surface area contributed by atoms with Crippen molar-refractivity contribution >= 4 is 5.91 Å². The van der Waals surface area contributed by atoms with Crippen LogP contribution < -0.4 is 0 Å².